The molecular weight excluding hydrogens is 330 g/mol. The molecule has 1 aromatic heterocycles. The Morgan fingerprint density at radius 1 is 1.23 bits per heavy atom. The summed E-state index contributed by atoms with van der Waals surface area (Å²) in [6.45, 7) is 5.47. The average Bonchev–Trinajstić information content (AvgIpc) is 3.18. The molecule has 2 aromatic rings. The molecule has 1 aliphatic heterocycles. The number of carbonyl (C=O) groups excluding carboxylic acids is 2. The van der Waals surface area contributed by atoms with Crippen molar-refractivity contribution in [3.8, 4) is 11.3 Å². The second-order valence-electron chi connectivity index (χ2n) is 6.71. The number of benzene rings is 1. The Morgan fingerprint density at radius 3 is 2.69 bits per heavy atom. The summed E-state index contributed by atoms with van der Waals surface area (Å²) in [6, 6.07) is 7.29. The molecule has 3 rings (SSSR count). The highest BCUT2D eigenvalue weighted by molar-refractivity contribution is 6.04. The van der Waals surface area contributed by atoms with Crippen LogP contribution in [0.3, 0.4) is 0 Å². The summed E-state index contributed by atoms with van der Waals surface area (Å²) < 4.78 is 5.52. The molecule has 6 heteroatoms. The summed E-state index contributed by atoms with van der Waals surface area (Å²) in [7, 11) is 0. The van der Waals surface area contributed by atoms with Gasteiger partial charge in [-0.15, -0.1) is 0 Å². The van der Waals surface area contributed by atoms with Crippen LogP contribution in [-0.2, 0) is 0 Å². The molecule has 1 saturated heterocycles. The molecule has 1 fully saturated rings. The maximum absolute atomic E-state index is 13.0. The maximum Gasteiger partial charge on any atom is 0.274 e. The summed E-state index contributed by atoms with van der Waals surface area (Å²) in [4.78, 5) is 31.5. The molecule has 0 radical (unpaired) electrons. The SMILES string of the molecule is CCC(C)NC(=O)c1ncoc1-c1ccccc1C(=O)N1CCCCC1. The van der Waals surface area contributed by atoms with Crippen LogP contribution in [0, 0.1) is 0 Å². The molecule has 0 spiro atoms. The fourth-order valence-corrected chi connectivity index (χ4v) is 3.13. The van der Waals surface area contributed by atoms with Crippen LogP contribution in [0.15, 0.2) is 35.1 Å². The average molecular weight is 355 g/mol. The molecule has 6 nitrogen and oxygen atoms in total. The molecule has 1 aliphatic rings. The Labute approximate surface area is 153 Å². The minimum Gasteiger partial charge on any atom is -0.443 e. The molecule has 0 aliphatic carbocycles. The molecule has 1 unspecified atom stereocenters. The first-order valence-electron chi connectivity index (χ1n) is 9.24. The first-order valence-corrected chi connectivity index (χ1v) is 9.24. The van der Waals surface area contributed by atoms with Gasteiger partial charge in [0, 0.05) is 24.7 Å². The van der Waals surface area contributed by atoms with Gasteiger partial charge in [0.2, 0.25) is 0 Å². The van der Waals surface area contributed by atoms with Crippen LogP contribution >= 0.6 is 0 Å². The van der Waals surface area contributed by atoms with E-state index in [0.717, 1.165) is 38.8 Å². The Bertz CT molecular complexity index is 778. The second-order valence-corrected chi connectivity index (χ2v) is 6.71. The summed E-state index contributed by atoms with van der Waals surface area (Å²) in [5, 5.41) is 2.90. The van der Waals surface area contributed by atoms with E-state index in [1.54, 1.807) is 12.1 Å². The van der Waals surface area contributed by atoms with Crippen molar-refractivity contribution in [2.75, 3.05) is 13.1 Å². The molecule has 1 aromatic carbocycles. The fraction of sp³-hybridized carbons (Fsp3) is 0.450. The van der Waals surface area contributed by atoms with Gasteiger partial charge >= 0.3 is 0 Å². The van der Waals surface area contributed by atoms with Crippen molar-refractivity contribution < 1.29 is 14.0 Å². The van der Waals surface area contributed by atoms with Crippen LogP contribution in [0.25, 0.3) is 11.3 Å². The summed E-state index contributed by atoms with van der Waals surface area (Å²) in [6.07, 6.45) is 5.29. The van der Waals surface area contributed by atoms with E-state index in [0.29, 0.717) is 16.9 Å². The molecule has 2 heterocycles. The lowest BCUT2D eigenvalue weighted by Crippen LogP contribution is -2.36. The van der Waals surface area contributed by atoms with Gasteiger partial charge < -0.3 is 14.6 Å². The predicted molar refractivity (Wildman–Crippen MR) is 98.9 cm³/mol. The van der Waals surface area contributed by atoms with Gasteiger partial charge in [-0.1, -0.05) is 25.1 Å². The third-order valence-corrected chi connectivity index (χ3v) is 4.82. The minimum absolute atomic E-state index is 0.0232. The number of rotatable bonds is 5. The van der Waals surface area contributed by atoms with Crippen molar-refractivity contribution in [3.05, 3.63) is 41.9 Å². The normalized spacial score (nSPS) is 15.5. The zero-order valence-corrected chi connectivity index (χ0v) is 15.3. The molecular formula is C20H25N3O3. The van der Waals surface area contributed by atoms with Crippen molar-refractivity contribution in [3.63, 3.8) is 0 Å². The van der Waals surface area contributed by atoms with E-state index in [1.807, 2.05) is 30.9 Å². The standard InChI is InChI=1S/C20H25N3O3/c1-3-14(2)22-19(24)17-18(26-13-21-17)15-9-5-6-10-16(15)20(25)23-11-7-4-8-12-23/h5-6,9-10,13-14H,3-4,7-8,11-12H2,1-2H3,(H,22,24). The summed E-state index contributed by atoms with van der Waals surface area (Å²) in [5.74, 6) is 0.0278. The molecule has 138 valence electrons. The van der Waals surface area contributed by atoms with Gasteiger partial charge in [-0.2, -0.15) is 0 Å². The number of carbonyl (C=O) groups is 2. The lowest BCUT2D eigenvalue weighted by Gasteiger charge is -2.27. The highest BCUT2D eigenvalue weighted by Crippen LogP contribution is 2.28. The Morgan fingerprint density at radius 2 is 1.96 bits per heavy atom. The highest BCUT2D eigenvalue weighted by atomic mass is 16.3. The fourth-order valence-electron chi connectivity index (χ4n) is 3.13. The zero-order chi connectivity index (χ0) is 18.5. The monoisotopic (exact) mass is 355 g/mol. The number of aromatic nitrogens is 1. The van der Waals surface area contributed by atoms with Gasteiger partial charge in [-0.05, 0) is 38.7 Å². The number of nitrogens with one attached hydrogen (secondary N) is 1. The lowest BCUT2D eigenvalue weighted by molar-refractivity contribution is 0.0724. The maximum atomic E-state index is 13.0. The van der Waals surface area contributed by atoms with Crippen LogP contribution in [0.5, 0.6) is 0 Å². The molecule has 0 bridgehead atoms. The van der Waals surface area contributed by atoms with E-state index in [9.17, 15) is 9.59 Å². The van der Waals surface area contributed by atoms with Crippen LogP contribution in [0.4, 0.5) is 0 Å². The van der Waals surface area contributed by atoms with Crippen LogP contribution in [0.2, 0.25) is 0 Å². The van der Waals surface area contributed by atoms with E-state index in [2.05, 4.69) is 10.3 Å². The van der Waals surface area contributed by atoms with E-state index >= 15 is 0 Å². The highest BCUT2D eigenvalue weighted by Gasteiger charge is 2.26. The first kappa shape index (κ1) is 18.2. The summed E-state index contributed by atoms with van der Waals surface area (Å²) in [5.41, 5.74) is 1.36. The van der Waals surface area contributed by atoms with Gasteiger partial charge in [0.15, 0.2) is 17.8 Å². The van der Waals surface area contributed by atoms with Crippen molar-refractivity contribution in [2.45, 2.75) is 45.6 Å². The number of hydrogen-bond acceptors (Lipinski definition) is 4. The van der Waals surface area contributed by atoms with Crippen molar-refractivity contribution >= 4 is 11.8 Å². The topological polar surface area (TPSA) is 75.4 Å². The van der Waals surface area contributed by atoms with Gasteiger partial charge in [-0.3, -0.25) is 9.59 Å². The number of hydrogen-bond donors (Lipinski definition) is 1. The van der Waals surface area contributed by atoms with Crippen molar-refractivity contribution in [1.82, 2.24) is 15.2 Å². The Hall–Kier alpha value is -2.63. The van der Waals surface area contributed by atoms with E-state index < -0.39 is 0 Å². The van der Waals surface area contributed by atoms with Gasteiger partial charge in [0.25, 0.3) is 11.8 Å². The van der Waals surface area contributed by atoms with Crippen LogP contribution in [-0.4, -0.2) is 40.8 Å². The van der Waals surface area contributed by atoms with Gasteiger partial charge in [0.1, 0.15) is 0 Å². The molecule has 1 atom stereocenters. The smallest absolute Gasteiger partial charge is 0.274 e. The number of nitrogens with zero attached hydrogens (tertiary/aromatic N) is 2. The number of piperidine rings is 1. The zero-order valence-electron chi connectivity index (χ0n) is 15.3. The lowest BCUT2D eigenvalue weighted by atomic mass is 10.0. The van der Waals surface area contributed by atoms with Gasteiger partial charge in [-0.25, -0.2) is 4.98 Å². The summed E-state index contributed by atoms with van der Waals surface area (Å²) >= 11 is 0. The largest absolute Gasteiger partial charge is 0.443 e. The van der Waals surface area contributed by atoms with Crippen molar-refractivity contribution in [1.29, 1.82) is 0 Å². The quantitative estimate of drug-likeness (QED) is 0.891. The Kier molecular flexibility index (Phi) is 5.71. The van der Waals surface area contributed by atoms with Crippen LogP contribution in [0.1, 0.15) is 60.4 Å². The minimum atomic E-state index is -0.289. The first-order chi connectivity index (χ1) is 12.6. The number of amides is 2. The van der Waals surface area contributed by atoms with Crippen molar-refractivity contribution in [2.24, 2.45) is 0 Å². The molecule has 26 heavy (non-hydrogen) atoms. The second kappa shape index (κ2) is 8.17. The molecule has 2 amide bonds. The molecule has 1 N–H and O–H groups in total. The van der Waals surface area contributed by atoms with E-state index in [4.69, 9.17) is 4.42 Å². The Balaban J connectivity index is 1.92. The third-order valence-electron chi connectivity index (χ3n) is 4.82. The molecule has 0 saturated carbocycles. The third kappa shape index (κ3) is 3.79. The van der Waals surface area contributed by atoms with Gasteiger partial charge in [0.05, 0.1) is 5.56 Å². The van der Waals surface area contributed by atoms with E-state index in [-0.39, 0.29) is 23.6 Å². The predicted octanol–water partition coefficient (Wildman–Crippen LogP) is 3.50. The van der Waals surface area contributed by atoms with E-state index in [1.165, 1.54) is 6.39 Å². The van der Waals surface area contributed by atoms with Crippen LogP contribution < -0.4 is 5.32 Å². The number of oxazole rings is 1. The number of likely N-dealkylation sites (tertiary alicyclic amines) is 1.